The van der Waals surface area contributed by atoms with Crippen molar-refractivity contribution in [2.45, 2.75) is 33.7 Å². The maximum atomic E-state index is 12.7. The average Bonchev–Trinajstić information content (AvgIpc) is 2.73. The summed E-state index contributed by atoms with van der Waals surface area (Å²) >= 11 is 0. The van der Waals surface area contributed by atoms with Crippen LogP contribution >= 0.6 is 0 Å². The Hall–Kier alpha value is -1.46. The first-order valence-electron chi connectivity index (χ1n) is 7.49. The largest absolute Gasteiger partial charge is 0.355 e. The second-order valence-corrected chi connectivity index (χ2v) is 6.06. The molecule has 1 aliphatic heterocycles. The van der Waals surface area contributed by atoms with E-state index in [1.165, 1.54) is 0 Å². The van der Waals surface area contributed by atoms with Crippen LogP contribution in [0.5, 0.6) is 0 Å². The number of Topliss-reactive ketones (excluding diaryl/α,β-unsaturated/α-hetero) is 2. The summed E-state index contributed by atoms with van der Waals surface area (Å²) in [6.45, 7) is 11.0. The highest BCUT2D eigenvalue weighted by Crippen LogP contribution is 2.21. The molecule has 0 spiro atoms. The van der Waals surface area contributed by atoms with E-state index in [1.807, 2.05) is 20.8 Å². The summed E-state index contributed by atoms with van der Waals surface area (Å²) in [7, 11) is 2.10. The molecule has 1 fully saturated rings. The van der Waals surface area contributed by atoms with Crippen LogP contribution in [0.2, 0.25) is 0 Å². The van der Waals surface area contributed by atoms with E-state index in [0.29, 0.717) is 11.3 Å². The normalized spacial score (nSPS) is 18.7. The smallest absolute Gasteiger partial charge is 0.196 e. The molecular formula is C16H25N3O2. The second-order valence-electron chi connectivity index (χ2n) is 6.06. The van der Waals surface area contributed by atoms with Crippen molar-refractivity contribution in [1.29, 1.82) is 0 Å². The summed E-state index contributed by atoms with van der Waals surface area (Å²) in [5, 5.41) is 0. The van der Waals surface area contributed by atoms with Gasteiger partial charge in [-0.3, -0.25) is 14.5 Å². The zero-order chi connectivity index (χ0) is 15.7. The highest BCUT2D eigenvalue weighted by molar-refractivity contribution is 6.05. The molecule has 0 saturated carbocycles. The molecule has 1 saturated heterocycles. The number of hydrogen-bond acceptors (Lipinski definition) is 4. The number of aromatic nitrogens is 1. The molecule has 1 atom stereocenters. The van der Waals surface area contributed by atoms with Gasteiger partial charge in [-0.2, -0.15) is 0 Å². The summed E-state index contributed by atoms with van der Waals surface area (Å²) in [5.74, 6) is 0.0835. The zero-order valence-electron chi connectivity index (χ0n) is 13.6. The average molecular weight is 291 g/mol. The SMILES string of the molecule is CC(=O)c1c(C)[nH]c(C(=O)[C@H](C)N2CCN(C)CC2)c1C. The Bertz CT molecular complexity index is 554. The predicted molar refractivity (Wildman–Crippen MR) is 83.1 cm³/mol. The molecule has 0 unspecified atom stereocenters. The molecule has 0 aromatic carbocycles. The minimum absolute atomic E-state index is 0.00699. The van der Waals surface area contributed by atoms with E-state index in [1.54, 1.807) is 6.92 Å². The Morgan fingerprint density at radius 2 is 1.71 bits per heavy atom. The molecule has 116 valence electrons. The number of aryl methyl sites for hydroxylation is 1. The summed E-state index contributed by atoms with van der Waals surface area (Å²) in [5.41, 5.74) is 2.81. The fourth-order valence-corrected chi connectivity index (χ4v) is 3.11. The lowest BCUT2D eigenvalue weighted by atomic mass is 10.0. The maximum absolute atomic E-state index is 12.7. The monoisotopic (exact) mass is 291 g/mol. The van der Waals surface area contributed by atoms with E-state index < -0.39 is 0 Å². The molecule has 1 aliphatic rings. The molecule has 1 aromatic rings. The van der Waals surface area contributed by atoms with Crippen molar-refractivity contribution in [3.63, 3.8) is 0 Å². The van der Waals surface area contributed by atoms with Crippen molar-refractivity contribution in [1.82, 2.24) is 14.8 Å². The van der Waals surface area contributed by atoms with Gasteiger partial charge in [-0.1, -0.05) is 0 Å². The number of ketones is 2. The molecule has 0 amide bonds. The Morgan fingerprint density at radius 1 is 1.14 bits per heavy atom. The summed E-state index contributed by atoms with van der Waals surface area (Å²) in [6, 6.07) is -0.157. The van der Waals surface area contributed by atoms with Gasteiger partial charge in [-0.25, -0.2) is 0 Å². The molecule has 2 rings (SSSR count). The van der Waals surface area contributed by atoms with Crippen molar-refractivity contribution in [2.75, 3.05) is 33.2 Å². The number of nitrogens with one attached hydrogen (secondary N) is 1. The molecule has 0 bridgehead atoms. The Morgan fingerprint density at radius 3 is 2.19 bits per heavy atom. The lowest BCUT2D eigenvalue weighted by Crippen LogP contribution is -2.50. The first-order valence-corrected chi connectivity index (χ1v) is 7.49. The van der Waals surface area contributed by atoms with Crippen molar-refractivity contribution in [3.8, 4) is 0 Å². The number of aromatic amines is 1. The second kappa shape index (κ2) is 6.12. The Labute approximate surface area is 126 Å². The van der Waals surface area contributed by atoms with Crippen LogP contribution in [0, 0.1) is 13.8 Å². The minimum atomic E-state index is -0.157. The van der Waals surface area contributed by atoms with E-state index in [-0.39, 0.29) is 17.6 Å². The van der Waals surface area contributed by atoms with Gasteiger partial charge in [0.25, 0.3) is 0 Å². The summed E-state index contributed by atoms with van der Waals surface area (Å²) < 4.78 is 0. The quantitative estimate of drug-likeness (QED) is 0.857. The molecule has 1 aromatic heterocycles. The van der Waals surface area contributed by atoms with Crippen LogP contribution in [0.3, 0.4) is 0 Å². The van der Waals surface area contributed by atoms with E-state index in [9.17, 15) is 9.59 Å². The topological polar surface area (TPSA) is 56.4 Å². The number of H-pyrrole nitrogens is 1. The summed E-state index contributed by atoms with van der Waals surface area (Å²) in [6.07, 6.45) is 0. The number of rotatable bonds is 4. The molecule has 0 radical (unpaired) electrons. The molecule has 0 aliphatic carbocycles. The van der Waals surface area contributed by atoms with Crippen LogP contribution in [0.25, 0.3) is 0 Å². The maximum Gasteiger partial charge on any atom is 0.196 e. The number of nitrogens with zero attached hydrogens (tertiary/aromatic N) is 2. The number of likely N-dealkylation sites (N-methyl/N-ethyl adjacent to an activating group) is 1. The van der Waals surface area contributed by atoms with E-state index >= 15 is 0 Å². The minimum Gasteiger partial charge on any atom is -0.355 e. The first kappa shape index (κ1) is 15.9. The third-order valence-corrected chi connectivity index (χ3v) is 4.50. The number of carbonyl (C=O) groups is 2. The lowest BCUT2D eigenvalue weighted by Gasteiger charge is -2.35. The van der Waals surface area contributed by atoms with Gasteiger partial charge in [0, 0.05) is 37.4 Å². The van der Waals surface area contributed by atoms with Gasteiger partial charge in [0.1, 0.15) is 0 Å². The highest BCUT2D eigenvalue weighted by Gasteiger charge is 2.28. The van der Waals surface area contributed by atoms with E-state index in [4.69, 9.17) is 0 Å². The van der Waals surface area contributed by atoms with Crippen molar-refractivity contribution in [2.24, 2.45) is 0 Å². The van der Waals surface area contributed by atoms with Gasteiger partial charge < -0.3 is 9.88 Å². The van der Waals surface area contributed by atoms with Gasteiger partial charge in [0.15, 0.2) is 11.6 Å². The van der Waals surface area contributed by atoms with Gasteiger partial charge in [-0.05, 0) is 40.3 Å². The predicted octanol–water partition coefficient (Wildman–Crippen LogP) is 1.65. The fraction of sp³-hybridized carbons (Fsp3) is 0.625. The molecular weight excluding hydrogens is 266 g/mol. The standard InChI is InChI=1S/C16H25N3O2/c1-10-14(13(4)20)11(2)17-15(10)16(21)12(3)19-8-6-18(5)7-9-19/h12,17H,6-9H2,1-5H3/t12-/m0/s1. The van der Waals surface area contributed by atoms with Crippen LogP contribution in [0.1, 0.15) is 46.0 Å². The Kier molecular flexibility index (Phi) is 4.64. The van der Waals surface area contributed by atoms with Crippen LogP contribution in [-0.2, 0) is 0 Å². The molecule has 2 heterocycles. The van der Waals surface area contributed by atoms with Crippen molar-refractivity contribution in [3.05, 3.63) is 22.5 Å². The van der Waals surface area contributed by atoms with Gasteiger partial charge in [-0.15, -0.1) is 0 Å². The third-order valence-electron chi connectivity index (χ3n) is 4.50. The number of carbonyl (C=O) groups excluding carboxylic acids is 2. The van der Waals surface area contributed by atoms with Crippen LogP contribution in [0.15, 0.2) is 0 Å². The highest BCUT2D eigenvalue weighted by atomic mass is 16.1. The van der Waals surface area contributed by atoms with Crippen LogP contribution < -0.4 is 0 Å². The molecule has 5 heteroatoms. The van der Waals surface area contributed by atoms with Crippen LogP contribution in [0.4, 0.5) is 0 Å². The molecule has 5 nitrogen and oxygen atoms in total. The van der Waals surface area contributed by atoms with Gasteiger partial charge in [0.05, 0.1) is 11.7 Å². The van der Waals surface area contributed by atoms with Crippen molar-refractivity contribution < 1.29 is 9.59 Å². The number of piperazine rings is 1. The first-order chi connectivity index (χ1) is 9.82. The third kappa shape index (κ3) is 3.09. The van der Waals surface area contributed by atoms with Gasteiger partial charge >= 0.3 is 0 Å². The van der Waals surface area contributed by atoms with Crippen LogP contribution in [-0.4, -0.2) is 65.6 Å². The number of hydrogen-bond donors (Lipinski definition) is 1. The van der Waals surface area contributed by atoms with Crippen molar-refractivity contribution >= 4 is 11.6 Å². The summed E-state index contributed by atoms with van der Waals surface area (Å²) in [4.78, 5) is 32.0. The molecule has 21 heavy (non-hydrogen) atoms. The zero-order valence-corrected chi connectivity index (χ0v) is 13.6. The van der Waals surface area contributed by atoms with E-state index in [0.717, 1.165) is 37.4 Å². The Balaban J connectivity index is 2.20. The lowest BCUT2D eigenvalue weighted by molar-refractivity contribution is 0.0733. The molecule has 1 N–H and O–H groups in total. The van der Waals surface area contributed by atoms with E-state index in [2.05, 4.69) is 21.8 Å². The fourth-order valence-electron chi connectivity index (χ4n) is 3.11. The van der Waals surface area contributed by atoms with Gasteiger partial charge in [0.2, 0.25) is 0 Å².